The van der Waals surface area contributed by atoms with E-state index in [-0.39, 0.29) is 30.1 Å². The Morgan fingerprint density at radius 3 is 2.72 bits per heavy atom. The molecular formula is C21H25N3O4S. The van der Waals surface area contributed by atoms with Gasteiger partial charge in [0.25, 0.3) is 0 Å². The fraction of sp³-hybridized carbons (Fsp3) is 0.524. The average molecular weight is 416 g/mol. The van der Waals surface area contributed by atoms with Crippen molar-refractivity contribution in [3.63, 3.8) is 0 Å². The summed E-state index contributed by atoms with van der Waals surface area (Å²) in [6.07, 6.45) is 3.28. The number of rotatable bonds is 5. The first-order chi connectivity index (χ1) is 14.0. The average Bonchev–Trinajstić information content (AvgIpc) is 3.35. The highest BCUT2D eigenvalue weighted by atomic mass is 32.1. The monoisotopic (exact) mass is 415 g/mol. The van der Waals surface area contributed by atoms with Crippen molar-refractivity contribution >= 4 is 44.5 Å². The number of fused-ring (bicyclic) bond motifs is 1. The number of ether oxygens (including phenoxy) is 1. The predicted octanol–water partition coefficient (Wildman–Crippen LogP) is 2.84. The summed E-state index contributed by atoms with van der Waals surface area (Å²) >= 11 is 1.49. The maximum absolute atomic E-state index is 13.0. The lowest BCUT2D eigenvalue weighted by molar-refractivity contribution is -0.141. The first-order valence-corrected chi connectivity index (χ1v) is 10.9. The Hall–Kier alpha value is -2.48. The van der Waals surface area contributed by atoms with E-state index in [0.717, 1.165) is 29.5 Å². The number of hydrogen-bond acceptors (Lipinski definition) is 6. The van der Waals surface area contributed by atoms with Gasteiger partial charge >= 0.3 is 5.97 Å². The van der Waals surface area contributed by atoms with Crippen LogP contribution >= 0.6 is 11.3 Å². The Kier molecular flexibility index (Phi) is 5.80. The third kappa shape index (κ3) is 4.27. The second-order valence-electron chi connectivity index (χ2n) is 7.75. The molecule has 2 aliphatic heterocycles. The van der Waals surface area contributed by atoms with Gasteiger partial charge in [-0.05, 0) is 37.3 Å². The largest absolute Gasteiger partial charge is 0.469 e. The number of amides is 2. The summed E-state index contributed by atoms with van der Waals surface area (Å²) in [5.74, 6) is -0.00426. The molecule has 1 aromatic carbocycles. The minimum atomic E-state index is -0.305. The van der Waals surface area contributed by atoms with E-state index in [1.165, 1.54) is 18.4 Å². The number of anilines is 1. The Balaban J connectivity index is 1.33. The molecule has 3 heterocycles. The van der Waals surface area contributed by atoms with E-state index in [4.69, 9.17) is 4.74 Å². The molecule has 0 N–H and O–H groups in total. The molecule has 2 amide bonds. The van der Waals surface area contributed by atoms with Gasteiger partial charge in [0.2, 0.25) is 11.8 Å². The van der Waals surface area contributed by atoms with Crippen LogP contribution in [0.1, 0.15) is 32.1 Å². The molecule has 29 heavy (non-hydrogen) atoms. The number of esters is 1. The van der Waals surface area contributed by atoms with Crippen molar-refractivity contribution in [2.24, 2.45) is 11.8 Å². The molecule has 1 aromatic heterocycles. The SMILES string of the molecule is COC(=O)CCC1CCN(C(=O)C2CC(=O)N(c3nc4ccccc4s3)C2)CC1. The van der Waals surface area contributed by atoms with Crippen molar-refractivity contribution in [1.29, 1.82) is 0 Å². The lowest BCUT2D eigenvalue weighted by Gasteiger charge is -2.33. The van der Waals surface area contributed by atoms with Gasteiger partial charge in [0.05, 0.1) is 23.2 Å². The fourth-order valence-corrected chi connectivity index (χ4v) is 5.15. The third-order valence-corrected chi connectivity index (χ3v) is 6.96. The number of likely N-dealkylation sites (tertiary alicyclic amines) is 1. The molecular weight excluding hydrogens is 390 g/mol. The highest BCUT2D eigenvalue weighted by molar-refractivity contribution is 7.22. The summed E-state index contributed by atoms with van der Waals surface area (Å²) in [6, 6.07) is 7.81. The topological polar surface area (TPSA) is 79.8 Å². The van der Waals surface area contributed by atoms with Crippen LogP contribution in [0.25, 0.3) is 10.2 Å². The van der Waals surface area contributed by atoms with Crippen LogP contribution in [0.3, 0.4) is 0 Å². The van der Waals surface area contributed by atoms with Crippen molar-refractivity contribution in [1.82, 2.24) is 9.88 Å². The first-order valence-electron chi connectivity index (χ1n) is 10.1. The normalized spacial score (nSPS) is 20.4. The molecule has 2 aromatic rings. The molecule has 0 aliphatic carbocycles. The zero-order chi connectivity index (χ0) is 20.4. The van der Waals surface area contributed by atoms with Crippen LogP contribution in [0.5, 0.6) is 0 Å². The van der Waals surface area contributed by atoms with Crippen LogP contribution in [0.15, 0.2) is 24.3 Å². The van der Waals surface area contributed by atoms with Crippen molar-refractivity contribution < 1.29 is 19.1 Å². The van der Waals surface area contributed by atoms with Crippen molar-refractivity contribution in [2.45, 2.75) is 32.1 Å². The van der Waals surface area contributed by atoms with Crippen LogP contribution in [0.4, 0.5) is 5.13 Å². The maximum Gasteiger partial charge on any atom is 0.305 e. The van der Waals surface area contributed by atoms with Gasteiger partial charge in [0, 0.05) is 32.5 Å². The fourth-order valence-electron chi connectivity index (χ4n) is 4.16. The molecule has 8 heteroatoms. The van der Waals surface area contributed by atoms with Gasteiger partial charge < -0.3 is 9.64 Å². The molecule has 154 valence electrons. The van der Waals surface area contributed by atoms with Gasteiger partial charge in [-0.2, -0.15) is 0 Å². The highest BCUT2D eigenvalue weighted by Crippen LogP contribution is 2.33. The number of piperidine rings is 1. The molecule has 0 spiro atoms. The number of aromatic nitrogens is 1. The second-order valence-corrected chi connectivity index (χ2v) is 8.76. The van der Waals surface area contributed by atoms with E-state index in [9.17, 15) is 14.4 Å². The van der Waals surface area contributed by atoms with E-state index < -0.39 is 0 Å². The molecule has 1 atom stereocenters. The summed E-state index contributed by atoms with van der Waals surface area (Å²) in [4.78, 5) is 44.9. The molecule has 1 unspecified atom stereocenters. The minimum absolute atomic E-state index is 0.0321. The Labute approximate surface area is 173 Å². The van der Waals surface area contributed by atoms with Gasteiger partial charge in [-0.15, -0.1) is 0 Å². The quantitative estimate of drug-likeness (QED) is 0.702. The van der Waals surface area contributed by atoms with Crippen LogP contribution in [-0.2, 0) is 19.1 Å². The molecule has 2 fully saturated rings. The van der Waals surface area contributed by atoms with Crippen molar-refractivity contribution in [2.75, 3.05) is 31.6 Å². The Bertz CT molecular complexity index is 887. The van der Waals surface area contributed by atoms with E-state index >= 15 is 0 Å². The zero-order valence-corrected chi connectivity index (χ0v) is 17.3. The van der Waals surface area contributed by atoms with Crippen molar-refractivity contribution in [3.8, 4) is 0 Å². The molecule has 7 nitrogen and oxygen atoms in total. The highest BCUT2D eigenvalue weighted by Gasteiger charge is 2.39. The van der Waals surface area contributed by atoms with Gasteiger partial charge in [0.1, 0.15) is 0 Å². The number of carbonyl (C=O) groups excluding carboxylic acids is 3. The number of nitrogens with zero attached hydrogens (tertiary/aromatic N) is 3. The summed E-state index contributed by atoms with van der Waals surface area (Å²) in [6.45, 7) is 1.78. The van der Waals surface area contributed by atoms with Gasteiger partial charge in [-0.25, -0.2) is 4.98 Å². The first kappa shape index (κ1) is 19.8. The van der Waals surface area contributed by atoms with Crippen LogP contribution in [0, 0.1) is 11.8 Å². The zero-order valence-electron chi connectivity index (χ0n) is 16.5. The van der Waals surface area contributed by atoms with Gasteiger partial charge in [-0.1, -0.05) is 23.5 Å². The lowest BCUT2D eigenvalue weighted by atomic mass is 9.91. The predicted molar refractivity (Wildman–Crippen MR) is 111 cm³/mol. The molecule has 2 saturated heterocycles. The standard InChI is InChI=1S/C21H25N3O4S/c1-28-19(26)7-6-14-8-10-23(11-9-14)20(27)15-12-18(25)24(13-15)21-22-16-4-2-3-5-17(16)29-21/h2-5,14-15H,6-13H2,1H3. The summed E-state index contributed by atoms with van der Waals surface area (Å²) < 4.78 is 5.74. The van der Waals surface area contributed by atoms with E-state index in [0.29, 0.717) is 37.1 Å². The third-order valence-electron chi connectivity index (χ3n) is 5.90. The molecule has 0 saturated carbocycles. The van der Waals surface area contributed by atoms with E-state index in [1.807, 2.05) is 29.2 Å². The Morgan fingerprint density at radius 2 is 2.00 bits per heavy atom. The number of benzene rings is 1. The van der Waals surface area contributed by atoms with Gasteiger partial charge in [-0.3, -0.25) is 19.3 Å². The second kappa shape index (κ2) is 8.49. The smallest absolute Gasteiger partial charge is 0.305 e. The van der Waals surface area contributed by atoms with Crippen LogP contribution in [-0.4, -0.2) is 54.4 Å². The lowest BCUT2D eigenvalue weighted by Crippen LogP contribution is -2.42. The van der Waals surface area contributed by atoms with Crippen LogP contribution < -0.4 is 4.90 Å². The maximum atomic E-state index is 13.0. The number of methoxy groups -OCH3 is 1. The van der Waals surface area contributed by atoms with Gasteiger partial charge in [0.15, 0.2) is 5.13 Å². The van der Waals surface area contributed by atoms with Crippen molar-refractivity contribution in [3.05, 3.63) is 24.3 Å². The number of para-hydroxylation sites is 1. The summed E-state index contributed by atoms with van der Waals surface area (Å²) in [7, 11) is 1.41. The minimum Gasteiger partial charge on any atom is -0.469 e. The number of hydrogen-bond donors (Lipinski definition) is 0. The molecule has 2 aliphatic rings. The number of thiazole rings is 1. The van der Waals surface area contributed by atoms with Crippen LogP contribution in [0.2, 0.25) is 0 Å². The Morgan fingerprint density at radius 1 is 1.24 bits per heavy atom. The molecule has 4 rings (SSSR count). The molecule has 0 radical (unpaired) electrons. The summed E-state index contributed by atoms with van der Waals surface area (Å²) in [5.41, 5.74) is 0.879. The van der Waals surface area contributed by atoms with E-state index in [2.05, 4.69) is 4.98 Å². The number of carbonyl (C=O) groups is 3. The summed E-state index contributed by atoms with van der Waals surface area (Å²) in [5, 5.41) is 0.674. The molecule has 0 bridgehead atoms. The van der Waals surface area contributed by atoms with E-state index in [1.54, 1.807) is 4.90 Å².